The number of carbonyl (C=O) groups excluding carboxylic acids is 2. The summed E-state index contributed by atoms with van der Waals surface area (Å²) in [6, 6.07) is 6.41. The van der Waals surface area contributed by atoms with Crippen LogP contribution in [0.2, 0.25) is 0 Å². The lowest BCUT2D eigenvalue weighted by molar-refractivity contribution is -0.140. The lowest BCUT2D eigenvalue weighted by atomic mass is 9.94. The van der Waals surface area contributed by atoms with Crippen molar-refractivity contribution in [3.05, 3.63) is 62.1 Å². The number of aromatic nitrogens is 1. The number of methoxy groups -OCH3 is 1. The normalized spacial score (nSPS) is 10.9. The van der Waals surface area contributed by atoms with E-state index >= 15 is 0 Å². The van der Waals surface area contributed by atoms with Crippen LogP contribution in [-0.4, -0.2) is 24.0 Å². The number of carbonyl (C=O) groups is 2. The molecule has 1 amide bonds. The van der Waals surface area contributed by atoms with Crippen molar-refractivity contribution >= 4 is 17.6 Å². The number of hydrogen-bond donors (Lipinski definition) is 2. The largest absolute Gasteiger partial charge is 0.469 e. The summed E-state index contributed by atoms with van der Waals surface area (Å²) in [5, 5.41) is 2.93. The van der Waals surface area contributed by atoms with Crippen molar-refractivity contribution in [2.75, 3.05) is 12.4 Å². The summed E-state index contributed by atoms with van der Waals surface area (Å²) in [5.74, 6) is -0.283. The summed E-state index contributed by atoms with van der Waals surface area (Å²) in [6.07, 6.45) is 7.86. The van der Waals surface area contributed by atoms with Crippen LogP contribution < -0.4 is 10.9 Å². The van der Waals surface area contributed by atoms with Gasteiger partial charge in [-0.1, -0.05) is 61.9 Å². The second kappa shape index (κ2) is 13.7. The molecule has 0 bridgehead atoms. The number of rotatable bonds is 13. The van der Waals surface area contributed by atoms with Gasteiger partial charge in [0.25, 0.3) is 5.56 Å². The van der Waals surface area contributed by atoms with Gasteiger partial charge in [0.05, 0.1) is 7.11 Å². The van der Waals surface area contributed by atoms with E-state index < -0.39 is 0 Å². The van der Waals surface area contributed by atoms with E-state index in [1.54, 1.807) is 0 Å². The van der Waals surface area contributed by atoms with Gasteiger partial charge in [0.15, 0.2) is 0 Å². The molecule has 0 aliphatic carbocycles. The molecule has 0 aliphatic rings. The Morgan fingerprint density at radius 1 is 0.882 bits per heavy atom. The maximum atomic E-state index is 12.8. The van der Waals surface area contributed by atoms with Gasteiger partial charge in [-0.15, -0.1) is 0 Å². The molecule has 34 heavy (non-hydrogen) atoms. The van der Waals surface area contributed by atoms with Crippen LogP contribution in [0.1, 0.15) is 91.8 Å². The Morgan fingerprint density at radius 2 is 1.47 bits per heavy atom. The van der Waals surface area contributed by atoms with Gasteiger partial charge >= 0.3 is 5.97 Å². The highest BCUT2D eigenvalue weighted by Crippen LogP contribution is 2.24. The van der Waals surface area contributed by atoms with Crippen molar-refractivity contribution in [1.29, 1.82) is 0 Å². The van der Waals surface area contributed by atoms with Crippen molar-refractivity contribution < 1.29 is 14.3 Å². The minimum atomic E-state index is -0.243. The molecule has 0 saturated carbocycles. The predicted octanol–water partition coefficient (Wildman–Crippen LogP) is 5.69. The van der Waals surface area contributed by atoms with Crippen LogP contribution in [0.4, 0.5) is 5.69 Å². The fraction of sp³-hybridized carbons (Fsp3) is 0.536. The molecular formula is C28H40N2O4. The van der Waals surface area contributed by atoms with E-state index in [1.807, 2.05) is 6.92 Å². The van der Waals surface area contributed by atoms with Gasteiger partial charge in [0.1, 0.15) is 5.69 Å². The van der Waals surface area contributed by atoms with Crippen molar-refractivity contribution in [2.24, 2.45) is 0 Å². The highest BCUT2D eigenvalue weighted by molar-refractivity contribution is 5.91. The molecule has 186 valence electrons. The number of benzene rings is 1. The van der Waals surface area contributed by atoms with Crippen molar-refractivity contribution in [1.82, 2.24) is 4.98 Å². The number of nitrogens with one attached hydrogen (secondary N) is 2. The number of amides is 1. The molecule has 0 saturated heterocycles. The number of anilines is 1. The van der Waals surface area contributed by atoms with E-state index in [9.17, 15) is 14.4 Å². The summed E-state index contributed by atoms with van der Waals surface area (Å²) >= 11 is 0. The molecule has 6 nitrogen and oxygen atoms in total. The first kappa shape index (κ1) is 27.4. The molecule has 0 aliphatic heterocycles. The van der Waals surface area contributed by atoms with Crippen LogP contribution in [0.5, 0.6) is 0 Å². The lowest BCUT2D eigenvalue weighted by Crippen LogP contribution is -2.24. The summed E-state index contributed by atoms with van der Waals surface area (Å²) in [4.78, 5) is 39.6. The maximum Gasteiger partial charge on any atom is 0.305 e. The van der Waals surface area contributed by atoms with Gasteiger partial charge < -0.3 is 15.0 Å². The second-order valence-electron chi connectivity index (χ2n) is 9.18. The first-order chi connectivity index (χ1) is 16.2. The highest BCUT2D eigenvalue weighted by Gasteiger charge is 2.17. The predicted molar refractivity (Wildman–Crippen MR) is 137 cm³/mol. The van der Waals surface area contributed by atoms with Gasteiger partial charge in [-0.25, -0.2) is 0 Å². The van der Waals surface area contributed by atoms with Crippen LogP contribution in [0.25, 0.3) is 0 Å². The van der Waals surface area contributed by atoms with Gasteiger partial charge in [-0.3, -0.25) is 14.4 Å². The molecule has 2 aromatic rings. The van der Waals surface area contributed by atoms with Crippen molar-refractivity contribution in [3.63, 3.8) is 0 Å². The average molecular weight is 469 g/mol. The zero-order chi connectivity index (χ0) is 25.1. The van der Waals surface area contributed by atoms with Crippen molar-refractivity contribution in [2.45, 2.75) is 91.9 Å². The topological polar surface area (TPSA) is 88.3 Å². The first-order valence-corrected chi connectivity index (χ1v) is 12.4. The zero-order valence-electron chi connectivity index (χ0n) is 21.4. The summed E-state index contributed by atoms with van der Waals surface area (Å²) in [6.45, 7) is 8.13. The lowest BCUT2D eigenvalue weighted by Gasteiger charge is -2.17. The fourth-order valence-corrected chi connectivity index (χ4v) is 4.57. The number of H-pyrrole nitrogens is 1. The van der Waals surface area contributed by atoms with E-state index in [4.69, 9.17) is 0 Å². The molecule has 1 heterocycles. The zero-order valence-corrected chi connectivity index (χ0v) is 21.4. The van der Waals surface area contributed by atoms with E-state index in [2.05, 4.69) is 54.0 Å². The Hall–Kier alpha value is -2.89. The summed E-state index contributed by atoms with van der Waals surface area (Å²) in [5.41, 5.74) is 6.50. The molecule has 0 radical (unpaired) electrons. The molecule has 2 rings (SSSR count). The Bertz CT molecular complexity index is 1020. The highest BCUT2D eigenvalue weighted by atomic mass is 16.5. The van der Waals surface area contributed by atoms with Crippen LogP contribution in [0.15, 0.2) is 23.0 Å². The number of unbranched alkanes of at least 4 members (excludes halogenated alkanes) is 5. The number of esters is 1. The molecule has 0 fully saturated rings. The first-order valence-electron chi connectivity index (χ1n) is 12.4. The molecule has 0 atom stereocenters. The number of aromatic amines is 1. The van der Waals surface area contributed by atoms with Crippen LogP contribution in [0.3, 0.4) is 0 Å². The van der Waals surface area contributed by atoms with E-state index in [0.717, 1.165) is 67.3 Å². The van der Waals surface area contributed by atoms with E-state index in [-0.39, 0.29) is 17.4 Å². The third-order valence-electron chi connectivity index (χ3n) is 6.19. The summed E-state index contributed by atoms with van der Waals surface area (Å²) in [7, 11) is 1.41. The molecule has 1 aromatic carbocycles. The minimum Gasteiger partial charge on any atom is -0.469 e. The third-order valence-corrected chi connectivity index (χ3v) is 6.19. The standard InChI is InChI=1S/C28H40N2O4/c1-6-23-21(4)29-28(33)27(24(23)18-22-16-19(2)15-20(3)17-22)30-25(31)13-11-9-7-8-10-12-14-26(32)34-5/h15-17H,6-14,18H2,1-5H3,(H,29,33)(H,30,31). The van der Waals surface area contributed by atoms with Gasteiger partial charge in [-0.2, -0.15) is 0 Å². The quantitative estimate of drug-likeness (QED) is 0.292. The SMILES string of the molecule is CCc1c(C)[nH]c(=O)c(NC(=O)CCCCCCCCC(=O)OC)c1Cc1cc(C)cc(C)c1. The fourth-order valence-electron chi connectivity index (χ4n) is 4.57. The average Bonchev–Trinajstić information content (AvgIpc) is 2.77. The van der Waals surface area contributed by atoms with Crippen LogP contribution >= 0.6 is 0 Å². The molecule has 6 heteroatoms. The van der Waals surface area contributed by atoms with Crippen LogP contribution in [0, 0.1) is 20.8 Å². The third kappa shape index (κ3) is 8.47. The molecule has 0 unspecified atom stereocenters. The molecule has 2 N–H and O–H groups in total. The summed E-state index contributed by atoms with van der Waals surface area (Å²) < 4.78 is 4.64. The number of aryl methyl sites for hydroxylation is 3. The van der Waals surface area contributed by atoms with Gasteiger partial charge in [0.2, 0.25) is 5.91 Å². The van der Waals surface area contributed by atoms with E-state index in [1.165, 1.54) is 18.2 Å². The number of ether oxygens (including phenoxy) is 1. The van der Waals surface area contributed by atoms with Crippen LogP contribution in [-0.2, 0) is 27.2 Å². The molecule has 0 spiro atoms. The minimum absolute atomic E-state index is 0.122. The van der Waals surface area contributed by atoms with Gasteiger partial charge in [-0.05, 0) is 56.7 Å². The second-order valence-corrected chi connectivity index (χ2v) is 9.18. The smallest absolute Gasteiger partial charge is 0.305 e. The Morgan fingerprint density at radius 3 is 2.06 bits per heavy atom. The number of pyridine rings is 1. The monoisotopic (exact) mass is 468 g/mol. The molecule has 1 aromatic heterocycles. The Labute approximate surface area is 203 Å². The van der Waals surface area contributed by atoms with Crippen molar-refractivity contribution in [3.8, 4) is 0 Å². The Balaban J connectivity index is 1.99. The Kier molecular flexibility index (Phi) is 11.0. The van der Waals surface area contributed by atoms with E-state index in [0.29, 0.717) is 24.9 Å². The number of hydrogen-bond acceptors (Lipinski definition) is 4. The molecular weight excluding hydrogens is 428 g/mol. The maximum absolute atomic E-state index is 12.8. The van der Waals surface area contributed by atoms with Gasteiger partial charge in [0, 0.05) is 25.0 Å².